The quantitative estimate of drug-likeness (QED) is 0.201. The average molecular weight is 615 g/mol. The van der Waals surface area contributed by atoms with E-state index < -0.39 is 32.0 Å². The summed E-state index contributed by atoms with van der Waals surface area (Å²) >= 11 is 12.4. The SMILES string of the molecule is CCOC(=O)CN1CCN(c2ccc(N(CCO[Si](C)(C)C(C)(C)C)C(=O)c3c(Cl)ncnc3Cl)cc2F)C1=O. The highest BCUT2D eigenvalue weighted by Crippen LogP contribution is 2.37. The van der Waals surface area contributed by atoms with Crippen LogP contribution in [-0.4, -0.2) is 80.5 Å². The normalized spacial score (nSPS) is 14.1. The number of benzene rings is 1. The number of esters is 1. The number of hydrogen-bond donors (Lipinski definition) is 0. The number of halogens is 3. The molecule has 2 aromatic rings. The summed E-state index contributed by atoms with van der Waals surface area (Å²) in [6.07, 6.45) is 1.14. The van der Waals surface area contributed by atoms with Gasteiger partial charge in [0.15, 0.2) is 8.32 Å². The first-order chi connectivity index (χ1) is 18.7. The Bertz CT molecular complexity index is 1260. The molecule has 3 rings (SSSR count). The van der Waals surface area contributed by atoms with Gasteiger partial charge >= 0.3 is 12.0 Å². The van der Waals surface area contributed by atoms with E-state index in [0.29, 0.717) is 0 Å². The maximum Gasteiger partial charge on any atom is 0.325 e. The van der Waals surface area contributed by atoms with Crippen LogP contribution in [0, 0.1) is 5.82 Å². The molecule has 1 aliphatic rings. The van der Waals surface area contributed by atoms with Crippen LogP contribution in [0.5, 0.6) is 0 Å². The van der Waals surface area contributed by atoms with Crippen molar-refractivity contribution in [3.8, 4) is 0 Å². The Morgan fingerprint density at radius 2 is 1.80 bits per heavy atom. The fraction of sp³-hybridized carbons (Fsp3) is 0.500. The van der Waals surface area contributed by atoms with E-state index in [4.69, 9.17) is 32.4 Å². The number of rotatable bonds is 10. The first-order valence-corrected chi connectivity index (χ1v) is 16.5. The second kappa shape index (κ2) is 12.8. The summed E-state index contributed by atoms with van der Waals surface area (Å²) in [4.78, 5) is 49.9. The number of urea groups is 1. The van der Waals surface area contributed by atoms with Gasteiger partial charge in [0, 0.05) is 25.3 Å². The molecule has 0 atom stereocenters. The van der Waals surface area contributed by atoms with E-state index >= 15 is 4.39 Å². The smallest absolute Gasteiger partial charge is 0.325 e. The second-order valence-corrected chi connectivity index (χ2v) is 16.2. The molecule has 1 aliphatic heterocycles. The third-order valence-electron chi connectivity index (χ3n) is 7.05. The van der Waals surface area contributed by atoms with Crippen LogP contribution in [0.3, 0.4) is 0 Å². The molecule has 0 unspecified atom stereocenters. The van der Waals surface area contributed by atoms with Crippen molar-refractivity contribution in [1.29, 1.82) is 0 Å². The first kappa shape index (κ1) is 31.7. The summed E-state index contributed by atoms with van der Waals surface area (Å²) in [5.41, 5.74) is 0.104. The van der Waals surface area contributed by atoms with Crippen molar-refractivity contribution in [3.63, 3.8) is 0 Å². The highest BCUT2D eigenvalue weighted by Gasteiger charge is 2.38. The molecule has 3 amide bonds. The fourth-order valence-corrected chi connectivity index (χ4v) is 5.32. The molecule has 1 fully saturated rings. The van der Waals surface area contributed by atoms with Gasteiger partial charge in [-0.2, -0.15) is 0 Å². The van der Waals surface area contributed by atoms with Crippen molar-refractivity contribution in [1.82, 2.24) is 14.9 Å². The van der Waals surface area contributed by atoms with E-state index in [9.17, 15) is 14.4 Å². The van der Waals surface area contributed by atoms with E-state index in [1.165, 1.54) is 26.8 Å². The van der Waals surface area contributed by atoms with Gasteiger partial charge in [-0.15, -0.1) is 0 Å². The van der Waals surface area contributed by atoms with Gasteiger partial charge in [-0.25, -0.2) is 19.2 Å². The van der Waals surface area contributed by atoms with E-state index in [0.717, 1.165) is 12.4 Å². The molecule has 1 aromatic heterocycles. The summed E-state index contributed by atoms with van der Waals surface area (Å²) < 4.78 is 26.7. The van der Waals surface area contributed by atoms with Crippen LogP contribution in [0.2, 0.25) is 28.4 Å². The number of nitrogens with zero attached hydrogens (tertiary/aromatic N) is 5. The molecule has 0 bridgehead atoms. The number of ether oxygens (including phenoxy) is 1. The largest absolute Gasteiger partial charge is 0.465 e. The van der Waals surface area contributed by atoms with E-state index in [1.807, 2.05) is 0 Å². The molecule has 10 nitrogen and oxygen atoms in total. The molecule has 0 radical (unpaired) electrons. The topological polar surface area (TPSA) is 105 Å². The van der Waals surface area contributed by atoms with Gasteiger partial charge in [-0.05, 0) is 43.3 Å². The summed E-state index contributed by atoms with van der Waals surface area (Å²) in [6, 6.07) is 3.58. The lowest BCUT2D eigenvalue weighted by atomic mass is 10.2. The lowest BCUT2D eigenvalue weighted by molar-refractivity contribution is -0.143. The second-order valence-electron chi connectivity index (χ2n) is 10.7. The Balaban J connectivity index is 1.89. The van der Waals surface area contributed by atoms with Crippen LogP contribution in [-0.2, 0) is 14.0 Å². The minimum atomic E-state index is -2.15. The molecule has 1 saturated heterocycles. The van der Waals surface area contributed by atoms with Crippen LogP contribution in [0.1, 0.15) is 38.1 Å². The standard InChI is InChI=1S/C26H34Cl2FN5O5Si/c1-7-38-20(35)15-32-10-11-34(25(32)37)19-9-8-17(14-18(19)29)33(12-13-39-40(5,6)26(2,3)4)24(36)21-22(27)30-16-31-23(21)28/h8-9,14,16H,7,10-13,15H2,1-6H3. The predicted molar refractivity (Wildman–Crippen MR) is 154 cm³/mol. The summed E-state index contributed by atoms with van der Waals surface area (Å²) in [5, 5.41) is -0.331. The van der Waals surface area contributed by atoms with Crippen LogP contribution >= 0.6 is 23.2 Å². The number of anilines is 2. The van der Waals surface area contributed by atoms with Crippen molar-refractivity contribution in [3.05, 3.63) is 46.2 Å². The molecule has 0 saturated carbocycles. The lowest BCUT2D eigenvalue weighted by Crippen LogP contribution is -2.43. The van der Waals surface area contributed by atoms with Gasteiger partial charge in [-0.1, -0.05) is 44.0 Å². The molecular weight excluding hydrogens is 580 g/mol. The van der Waals surface area contributed by atoms with Crippen LogP contribution < -0.4 is 9.80 Å². The highest BCUT2D eigenvalue weighted by atomic mass is 35.5. The maximum atomic E-state index is 15.5. The Morgan fingerprint density at radius 3 is 2.38 bits per heavy atom. The highest BCUT2D eigenvalue weighted by molar-refractivity contribution is 6.74. The van der Waals surface area contributed by atoms with Crippen LogP contribution in [0.4, 0.5) is 20.6 Å². The summed E-state index contributed by atoms with van der Waals surface area (Å²) in [7, 11) is -2.15. The average Bonchev–Trinajstić information content (AvgIpc) is 3.20. The molecule has 2 heterocycles. The Kier molecular flexibility index (Phi) is 10.1. The zero-order valence-corrected chi connectivity index (χ0v) is 26.0. The minimum absolute atomic E-state index is 0.0177. The van der Waals surface area contributed by atoms with Crippen molar-refractivity contribution in [2.24, 2.45) is 0 Å². The van der Waals surface area contributed by atoms with Gasteiger partial charge < -0.3 is 19.0 Å². The van der Waals surface area contributed by atoms with Gasteiger partial charge in [0.05, 0.1) is 18.9 Å². The van der Waals surface area contributed by atoms with Crippen LogP contribution in [0.15, 0.2) is 24.5 Å². The predicted octanol–water partition coefficient (Wildman–Crippen LogP) is 5.40. The lowest BCUT2D eigenvalue weighted by Gasteiger charge is -2.37. The number of carbonyl (C=O) groups is 3. The fourth-order valence-electron chi connectivity index (χ4n) is 3.81. The van der Waals surface area contributed by atoms with Crippen LogP contribution in [0.25, 0.3) is 0 Å². The van der Waals surface area contributed by atoms with Crippen molar-refractivity contribution >= 4 is 60.8 Å². The van der Waals surface area contributed by atoms with E-state index in [2.05, 4.69) is 43.8 Å². The number of aromatic nitrogens is 2. The zero-order valence-electron chi connectivity index (χ0n) is 23.5. The van der Waals surface area contributed by atoms with Gasteiger partial charge in [0.25, 0.3) is 5.91 Å². The number of hydrogen-bond acceptors (Lipinski definition) is 7. The first-order valence-electron chi connectivity index (χ1n) is 12.8. The number of carbonyl (C=O) groups excluding carboxylic acids is 3. The molecule has 0 N–H and O–H groups in total. The van der Waals surface area contributed by atoms with Gasteiger partial charge in [0.2, 0.25) is 0 Å². The van der Waals surface area contributed by atoms with Crippen molar-refractivity contribution < 1.29 is 27.9 Å². The summed E-state index contributed by atoms with van der Waals surface area (Å²) in [6.45, 7) is 12.8. The maximum absolute atomic E-state index is 15.5. The third kappa shape index (κ3) is 7.09. The van der Waals surface area contributed by atoms with Gasteiger partial charge in [-0.3, -0.25) is 14.5 Å². The van der Waals surface area contributed by atoms with Crippen molar-refractivity contribution in [2.45, 2.75) is 45.8 Å². The molecule has 218 valence electrons. The Morgan fingerprint density at radius 1 is 1.15 bits per heavy atom. The monoisotopic (exact) mass is 613 g/mol. The zero-order chi connectivity index (χ0) is 29.8. The Hall–Kier alpha value is -2.80. The minimum Gasteiger partial charge on any atom is -0.465 e. The van der Waals surface area contributed by atoms with E-state index in [-0.39, 0.29) is 71.7 Å². The third-order valence-corrected chi connectivity index (χ3v) is 12.2. The van der Waals surface area contributed by atoms with E-state index in [1.54, 1.807) is 6.92 Å². The van der Waals surface area contributed by atoms with Crippen molar-refractivity contribution in [2.75, 3.05) is 49.2 Å². The molecule has 14 heteroatoms. The molecule has 0 aliphatic carbocycles. The molecular formula is C26H34Cl2FN5O5Si. The summed E-state index contributed by atoms with van der Waals surface area (Å²) in [5.74, 6) is -1.89. The Labute approximate surface area is 244 Å². The molecule has 40 heavy (non-hydrogen) atoms. The molecule has 0 spiro atoms. The molecule has 1 aromatic carbocycles. The van der Waals surface area contributed by atoms with Gasteiger partial charge in [0.1, 0.15) is 34.6 Å². The number of amides is 3.